The summed E-state index contributed by atoms with van der Waals surface area (Å²) in [6.45, 7) is 5.28. The lowest BCUT2D eigenvalue weighted by molar-refractivity contribution is -0.150. The van der Waals surface area contributed by atoms with Gasteiger partial charge in [0, 0.05) is 6.54 Å². The summed E-state index contributed by atoms with van der Waals surface area (Å²) in [7, 11) is 0. The molecule has 1 N–H and O–H groups in total. The number of amides is 1. The van der Waals surface area contributed by atoms with Crippen LogP contribution in [0.15, 0.2) is 0 Å². The number of unbranched alkanes of at least 4 members (excludes halogenated alkanes) is 10. The summed E-state index contributed by atoms with van der Waals surface area (Å²) >= 11 is 0. The van der Waals surface area contributed by atoms with E-state index in [1.54, 1.807) is 0 Å². The fourth-order valence-electron chi connectivity index (χ4n) is 2.52. The van der Waals surface area contributed by atoms with Crippen molar-refractivity contribution >= 4 is 11.9 Å². The molecule has 0 aromatic rings. The summed E-state index contributed by atoms with van der Waals surface area (Å²) in [5, 5.41) is 2.81. The molecule has 5 nitrogen and oxygen atoms in total. The minimum absolute atomic E-state index is 0.0814. The molecule has 0 aliphatic carbocycles. The van der Waals surface area contributed by atoms with Crippen LogP contribution in [0.5, 0.6) is 0 Å². The number of rotatable bonds is 18. The summed E-state index contributed by atoms with van der Waals surface area (Å²) in [6, 6.07) is 0. The average Bonchev–Trinajstić information content (AvgIpc) is 2.60. The third kappa shape index (κ3) is 19.1. The van der Waals surface area contributed by atoms with Gasteiger partial charge in [0.1, 0.15) is 13.2 Å². The zero-order valence-electron chi connectivity index (χ0n) is 16.4. The Kier molecular flexibility index (Phi) is 18.4. The van der Waals surface area contributed by atoms with Crippen LogP contribution >= 0.6 is 0 Å². The molecule has 25 heavy (non-hydrogen) atoms. The van der Waals surface area contributed by atoms with Crippen LogP contribution < -0.4 is 5.32 Å². The lowest BCUT2D eigenvalue weighted by atomic mass is 10.1. The largest absolute Gasteiger partial charge is 0.464 e. The first-order valence-electron chi connectivity index (χ1n) is 10.2. The van der Waals surface area contributed by atoms with E-state index < -0.39 is 5.97 Å². The van der Waals surface area contributed by atoms with E-state index in [0.29, 0.717) is 13.2 Å². The second kappa shape index (κ2) is 19.2. The van der Waals surface area contributed by atoms with E-state index in [0.717, 1.165) is 25.7 Å². The molecule has 148 valence electrons. The molecule has 0 saturated carbocycles. The molecule has 0 rings (SSSR count). The Morgan fingerprint density at radius 1 is 0.720 bits per heavy atom. The molecular weight excluding hydrogens is 318 g/mol. The van der Waals surface area contributed by atoms with Gasteiger partial charge in [-0.1, -0.05) is 78.1 Å². The molecule has 0 bridgehead atoms. The van der Waals surface area contributed by atoms with Crippen molar-refractivity contribution < 1.29 is 19.1 Å². The fraction of sp³-hybridized carbons (Fsp3) is 0.900. The molecule has 0 radical (unpaired) electrons. The number of hydrogen-bond acceptors (Lipinski definition) is 4. The molecule has 0 aliphatic heterocycles. The van der Waals surface area contributed by atoms with Crippen LogP contribution in [0.3, 0.4) is 0 Å². The van der Waals surface area contributed by atoms with Crippen molar-refractivity contribution in [1.82, 2.24) is 5.32 Å². The Bertz CT molecular complexity index is 291. The monoisotopic (exact) mass is 357 g/mol. The SMILES string of the molecule is CCCCCCCCNC(=O)COCC(=O)OCCCCCCCC. The van der Waals surface area contributed by atoms with Crippen molar-refractivity contribution in [3.05, 3.63) is 0 Å². The Morgan fingerprint density at radius 2 is 1.28 bits per heavy atom. The highest BCUT2D eigenvalue weighted by Crippen LogP contribution is 2.05. The molecule has 0 saturated heterocycles. The molecule has 0 aromatic heterocycles. The molecular formula is C20H39NO4. The van der Waals surface area contributed by atoms with Crippen molar-refractivity contribution in [3.63, 3.8) is 0 Å². The predicted octanol–water partition coefficient (Wildman–Crippen LogP) is 4.38. The van der Waals surface area contributed by atoms with Crippen LogP contribution in [0.2, 0.25) is 0 Å². The maximum Gasteiger partial charge on any atom is 0.332 e. The lowest BCUT2D eigenvalue weighted by Crippen LogP contribution is -2.29. The molecule has 0 aromatic carbocycles. The van der Waals surface area contributed by atoms with E-state index in [1.165, 1.54) is 51.4 Å². The highest BCUT2D eigenvalue weighted by molar-refractivity contribution is 5.77. The second-order valence-electron chi connectivity index (χ2n) is 6.60. The lowest BCUT2D eigenvalue weighted by Gasteiger charge is -2.07. The van der Waals surface area contributed by atoms with Gasteiger partial charge in [-0.25, -0.2) is 4.79 Å². The molecule has 1 amide bonds. The van der Waals surface area contributed by atoms with Crippen molar-refractivity contribution in [2.24, 2.45) is 0 Å². The quantitative estimate of drug-likeness (QED) is 0.292. The zero-order chi connectivity index (χ0) is 18.6. The number of ether oxygens (including phenoxy) is 2. The van der Waals surface area contributed by atoms with E-state index in [4.69, 9.17) is 9.47 Å². The third-order valence-electron chi connectivity index (χ3n) is 4.07. The highest BCUT2D eigenvalue weighted by atomic mass is 16.6. The van der Waals surface area contributed by atoms with E-state index in [-0.39, 0.29) is 19.1 Å². The van der Waals surface area contributed by atoms with Gasteiger partial charge >= 0.3 is 5.97 Å². The minimum atomic E-state index is -0.391. The van der Waals surface area contributed by atoms with Crippen LogP contribution in [-0.4, -0.2) is 38.2 Å². The van der Waals surface area contributed by atoms with E-state index in [2.05, 4.69) is 19.2 Å². The molecule has 0 atom stereocenters. The fourth-order valence-corrected chi connectivity index (χ4v) is 2.52. The molecule has 0 fully saturated rings. The average molecular weight is 358 g/mol. The number of nitrogens with one attached hydrogen (secondary N) is 1. The van der Waals surface area contributed by atoms with Crippen molar-refractivity contribution in [3.8, 4) is 0 Å². The standard InChI is InChI=1S/C20H39NO4/c1-3-5-7-9-11-13-15-21-19(22)17-24-18-20(23)25-16-14-12-10-8-6-4-2/h3-18H2,1-2H3,(H,21,22). The first kappa shape index (κ1) is 23.9. The van der Waals surface area contributed by atoms with Crippen LogP contribution in [0.1, 0.15) is 90.9 Å². The number of esters is 1. The van der Waals surface area contributed by atoms with Gasteiger partial charge in [-0.15, -0.1) is 0 Å². The Hall–Kier alpha value is -1.10. The normalized spacial score (nSPS) is 10.6. The summed E-state index contributed by atoms with van der Waals surface area (Å²) in [6.07, 6.45) is 14.1. The molecule has 0 aliphatic rings. The highest BCUT2D eigenvalue weighted by Gasteiger charge is 2.06. The van der Waals surface area contributed by atoms with Crippen molar-refractivity contribution in [2.75, 3.05) is 26.4 Å². The Morgan fingerprint density at radius 3 is 1.92 bits per heavy atom. The van der Waals surface area contributed by atoms with Gasteiger partial charge in [0.25, 0.3) is 0 Å². The maximum atomic E-state index is 11.6. The van der Waals surface area contributed by atoms with E-state index in [1.807, 2.05) is 0 Å². The van der Waals surface area contributed by atoms with Crippen LogP contribution in [0.4, 0.5) is 0 Å². The smallest absolute Gasteiger partial charge is 0.332 e. The van der Waals surface area contributed by atoms with Gasteiger partial charge in [-0.3, -0.25) is 4.79 Å². The van der Waals surface area contributed by atoms with Gasteiger partial charge in [-0.2, -0.15) is 0 Å². The number of carbonyl (C=O) groups excluding carboxylic acids is 2. The van der Waals surface area contributed by atoms with E-state index >= 15 is 0 Å². The molecule has 5 heteroatoms. The van der Waals surface area contributed by atoms with Gasteiger partial charge < -0.3 is 14.8 Å². The third-order valence-corrected chi connectivity index (χ3v) is 4.07. The van der Waals surface area contributed by atoms with Crippen molar-refractivity contribution in [2.45, 2.75) is 90.9 Å². The second-order valence-corrected chi connectivity index (χ2v) is 6.60. The predicted molar refractivity (Wildman–Crippen MR) is 102 cm³/mol. The van der Waals surface area contributed by atoms with E-state index in [9.17, 15) is 9.59 Å². The zero-order valence-corrected chi connectivity index (χ0v) is 16.4. The van der Waals surface area contributed by atoms with Crippen molar-refractivity contribution in [1.29, 1.82) is 0 Å². The first-order chi connectivity index (χ1) is 12.2. The number of hydrogen-bond donors (Lipinski definition) is 1. The van der Waals surface area contributed by atoms with Gasteiger partial charge in [0.15, 0.2) is 0 Å². The first-order valence-corrected chi connectivity index (χ1v) is 10.2. The molecule has 0 spiro atoms. The van der Waals surface area contributed by atoms with Crippen LogP contribution in [0.25, 0.3) is 0 Å². The Labute approximate surface area is 154 Å². The summed E-state index contributed by atoms with van der Waals surface area (Å²) in [5.41, 5.74) is 0. The Balaban J connectivity index is 3.32. The molecule has 0 heterocycles. The summed E-state index contributed by atoms with van der Waals surface area (Å²) < 4.78 is 10.2. The van der Waals surface area contributed by atoms with Gasteiger partial charge in [0.05, 0.1) is 6.61 Å². The topological polar surface area (TPSA) is 64.6 Å². The molecule has 0 unspecified atom stereocenters. The van der Waals surface area contributed by atoms with Crippen LogP contribution in [-0.2, 0) is 19.1 Å². The van der Waals surface area contributed by atoms with Gasteiger partial charge in [0.2, 0.25) is 5.91 Å². The maximum absolute atomic E-state index is 11.6. The van der Waals surface area contributed by atoms with Crippen LogP contribution in [0, 0.1) is 0 Å². The minimum Gasteiger partial charge on any atom is -0.464 e. The summed E-state index contributed by atoms with van der Waals surface area (Å²) in [5.74, 6) is -0.561. The number of carbonyl (C=O) groups is 2. The summed E-state index contributed by atoms with van der Waals surface area (Å²) in [4.78, 5) is 23.0. The van der Waals surface area contributed by atoms with Gasteiger partial charge in [-0.05, 0) is 12.8 Å².